The van der Waals surface area contributed by atoms with Crippen molar-refractivity contribution in [2.24, 2.45) is 0 Å². The lowest BCUT2D eigenvalue weighted by atomic mass is 10.2. The summed E-state index contributed by atoms with van der Waals surface area (Å²) in [6, 6.07) is 9.53. The maximum absolute atomic E-state index is 12.9. The minimum absolute atomic E-state index is 0.160. The Balaban J connectivity index is 1.75. The van der Waals surface area contributed by atoms with E-state index in [9.17, 15) is 9.18 Å². The van der Waals surface area contributed by atoms with Crippen molar-refractivity contribution in [2.45, 2.75) is 12.8 Å². The number of anilines is 2. The van der Waals surface area contributed by atoms with Crippen LogP contribution in [0.5, 0.6) is 0 Å². The van der Waals surface area contributed by atoms with E-state index in [1.165, 1.54) is 29.9 Å². The third kappa shape index (κ3) is 2.93. The van der Waals surface area contributed by atoms with E-state index in [1.54, 1.807) is 31.4 Å². The van der Waals surface area contributed by atoms with Crippen LogP contribution in [0.4, 0.5) is 15.9 Å². The van der Waals surface area contributed by atoms with Gasteiger partial charge in [-0.25, -0.2) is 9.37 Å². The first-order chi connectivity index (χ1) is 10.6. The SMILES string of the molecule is CN(C(=O)c1ccc(N2CCCC2)nc1)c1ccc(F)cc1. The summed E-state index contributed by atoms with van der Waals surface area (Å²) in [6.45, 7) is 2.05. The molecule has 0 aliphatic carbocycles. The van der Waals surface area contributed by atoms with Gasteiger partial charge in [-0.05, 0) is 49.2 Å². The molecule has 4 nitrogen and oxygen atoms in total. The van der Waals surface area contributed by atoms with Crippen LogP contribution in [0, 0.1) is 5.82 Å². The molecule has 0 bridgehead atoms. The largest absolute Gasteiger partial charge is 0.357 e. The maximum atomic E-state index is 12.9. The predicted octanol–water partition coefficient (Wildman–Crippen LogP) is 3.10. The highest BCUT2D eigenvalue weighted by Crippen LogP contribution is 2.19. The number of rotatable bonds is 3. The maximum Gasteiger partial charge on any atom is 0.259 e. The number of hydrogen-bond acceptors (Lipinski definition) is 3. The van der Waals surface area contributed by atoms with Crippen LogP contribution in [0.2, 0.25) is 0 Å². The minimum atomic E-state index is -0.318. The predicted molar refractivity (Wildman–Crippen MR) is 84.8 cm³/mol. The smallest absolute Gasteiger partial charge is 0.259 e. The van der Waals surface area contributed by atoms with Crippen LogP contribution in [-0.2, 0) is 0 Å². The van der Waals surface area contributed by atoms with E-state index in [0.717, 1.165) is 18.9 Å². The highest BCUT2D eigenvalue weighted by atomic mass is 19.1. The number of hydrogen-bond donors (Lipinski definition) is 0. The first-order valence-electron chi connectivity index (χ1n) is 7.40. The number of aromatic nitrogens is 1. The molecule has 2 heterocycles. The second kappa shape index (κ2) is 6.13. The summed E-state index contributed by atoms with van der Waals surface area (Å²) in [5.74, 6) is 0.437. The lowest BCUT2D eigenvalue weighted by Crippen LogP contribution is -2.26. The molecule has 1 aliphatic heterocycles. The third-order valence-electron chi connectivity index (χ3n) is 3.94. The number of nitrogens with zero attached hydrogens (tertiary/aromatic N) is 3. The summed E-state index contributed by atoms with van der Waals surface area (Å²) in [5, 5.41) is 0. The van der Waals surface area contributed by atoms with Crippen LogP contribution >= 0.6 is 0 Å². The average molecular weight is 299 g/mol. The molecule has 0 atom stereocenters. The van der Waals surface area contributed by atoms with E-state index in [4.69, 9.17) is 0 Å². The average Bonchev–Trinajstić information content (AvgIpc) is 3.09. The fourth-order valence-electron chi connectivity index (χ4n) is 2.62. The van der Waals surface area contributed by atoms with Crippen molar-refractivity contribution in [1.82, 2.24) is 4.98 Å². The first kappa shape index (κ1) is 14.5. The van der Waals surface area contributed by atoms with E-state index in [1.807, 2.05) is 6.07 Å². The normalized spacial score (nSPS) is 14.2. The molecule has 5 heteroatoms. The number of carbonyl (C=O) groups is 1. The van der Waals surface area contributed by atoms with Crippen molar-refractivity contribution in [3.05, 3.63) is 54.0 Å². The molecule has 0 radical (unpaired) electrons. The Kier molecular flexibility index (Phi) is 4.04. The number of amides is 1. The zero-order chi connectivity index (χ0) is 15.5. The van der Waals surface area contributed by atoms with E-state index >= 15 is 0 Å². The fourth-order valence-corrected chi connectivity index (χ4v) is 2.62. The molecule has 1 aromatic heterocycles. The van der Waals surface area contributed by atoms with Gasteiger partial charge in [0.1, 0.15) is 11.6 Å². The fraction of sp³-hybridized carbons (Fsp3) is 0.294. The summed E-state index contributed by atoms with van der Waals surface area (Å²) in [4.78, 5) is 20.5. The summed E-state index contributed by atoms with van der Waals surface area (Å²) < 4.78 is 12.9. The Labute approximate surface area is 129 Å². The summed E-state index contributed by atoms with van der Waals surface area (Å²) >= 11 is 0. The molecule has 0 saturated carbocycles. The van der Waals surface area contributed by atoms with E-state index in [-0.39, 0.29) is 11.7 Å². The topological polar surface area (TPSA) is 36.4 Å². The van der Waals surface area contributed by atoms with Gasteiger partial charge in [-0.3, -0.25) is 4.79 Å². The van der Waals surface area contributed by atoms with Gasteiger partial charge < -0.3 is 9.80 Å². The zero-order valence-electron chi connectivity index (χ0n) is 12.5. The van der Waals surface area contributed by atoms with Gasteiger partial charge in [-0.1, -0.05) is 0 Å². The molecule has 0 N–H and O–H groups in total. The molecule has 114 valence electrons. The molecule has 1 amide bonds. The Morgan fingerprint density at radius 2 is 1.82 bits per heavy atom. The molecule has 0 unspecified atom stereocenters. The van der Waals surface area contributed by atoms with Crippen molar-refractivity contribution < 1.29 is 9.18 Å². The summed E-state index contributed by atoms with van der Waals surface area (Å²) in [7, 11) is 1.67. The molecule has 1 saturated heterocycles. The van der Waals surface area contributed by atoms with Crippen LogP contribution in [0.1, 0.15) is 23.2 Å². The van der Waals surface area contributed by atoms with Crippen molar-refractivity contribution in [1.29, 1.82) is 0 Å². The quantitative estimate of drug-likeness (QED) is 0.874. The van der Waals surface area contributed by atoms with Crippen LogP contribution in [-0.4, -0.2) is 31.0 Å². The van der Waals surface area contributed by atoms with E-state index in [0.29, 0.717) is 11.3 Å². The monoisotopic (exact) mass is 299 g/mol. The van der Waals surface area contributed by atoms with Crippen LogP contribution in [0.3, 0.4) is 0 Å². The Bertz CT molecular complexity index is 649. The molecule has 2 aromatic rings. The van der Waals surface area contributed by atoms with Crippen LogP contribution in [0.25, 0.3) is 0 Å². The Hall–Kier alpha value is -2.43. The molecular weight excluding hydrogens is 281 g/mol. The van der Waals surface area contributed by atoms with Crippen LogP contribution < -0.4 is 9.80 Å². The van der Waals surface area contributed by atoms with Crippen molar-refractivity contribution in [3.8, 4) is 0 Å². The van der Waals surface area contributed by atoms with E-state index in [2.05, 4.69) is 9.88 Å². The van der Waals surface area contributed by atoms with E-state index < -0.39 is 0 Å². The van der Waals surface area contributed by atoms with Gasteiger partial charge in [0, 0.05) is 32.0 Å². The number of pyridine rings is 1. The number of halogens is 1. The van der Waals surface area contributed by atoms with Gasteiger partial charge >= 0.3 is 0 Å². The number of carbonyl (C=O) groups excluding carboxylic acids is 1. The molecule has 0 spiro atoms. The Morgan fingerprint density at radius 1 is 1.14 bits per heavy atom. The molecule has 1 aliphatic rings. The van der Waals surface area contributed by atoms with Crippen molar-refractivity contribution in [3.63, 3.8) is 0 Å². The van der Waals surface area contributed by atoms with Gasteiger partial charge in [-0.2, -0.15) is 0 Å². The van der Waals surface area contributed by atoms with Gasteiger partial charge in [0.05, 0.1) is 5.56 Å². The molecule has 1 fully saturated rings. The van der Waals surface area contributed by atoms with Crippen molar-refractivity contribution >= 4 is 17.4 Å². The first-order valence-corrected chi connectivity index (χ1v) is 7.40. The standard InChI is InChI=1S/C17H18FN3O/c1-20(15-7-5-14(18)6-8-15)17(22)13-4-9-16(19-12-13)21-10-2-3-11-21/h4-9,12H,2-3,10-11H2,1H3. The second-order valence-corrected chi connectivity index (χ2v) is 5.44. The molecule has 22 heavy (non-hydrogen) atoms. The highest BCUT2D eigenvalue weighted by Gasteiger charge is 2.16. The summed E-state index contributed by atoms with van der Waals surface area (Å²) in [6.07, 6.45) is 3.99. The molecular formula is C17H18FN3O. The second-order valence-electron chi connectivity index (χ2n) is 5.44. The molecule has 1 aromatic carbocycles. The molecule has 3 rings (SSSR count). The zero-order valence-corrected chi connectivity index (χ0v) is 12.5. The van der Waals surface area contributed by atoms with Crippen molar-refractivity contribution in [2.75, 3.05) is 29.9 Å². The lowest BCUT2D eigenvalue weighted by molar-refractivity contribution is 0.0992. The van der Waals surface area contributed by atoms with Crippen LogP contribution in [0.15, 0.2) is 42.6 Å². The number of benzene rings is 1. The van der Waals surface area contributed by atoms with Gasteiger partial charge in [0.2, 0.25) is 0 Å². The minimum Gasteiger partial charge on any atom is -0.357 e. The van der Waals surface area contributed by atoms with Gasteiger partial charge in [0.25, 0.3) is 5.91 Å². The summed E-state index contributed by atoms with van der Waals surface area (Å²) in [5.41, 5.74) is 1.17. The third-order valence-corrected chi connectivity index (χ3v) is 3.94. The lowest BCUT2D eigenvalue weighted by Gasteiger charge is -2.19. The highest BCUT2D eigenvalue weighted by molar-refractivity contribution is 6.05. The van der Waals surface area contributed by atoms with Gasteiger partial charge in [-0.15, -0.1) is 0 Å². The van der Waals surface area contributed by atoms with Gasteiger partial charge in [0.15, 0.2) is 0 Å². The Morgan fingerprint density at radius 3 is 2.41 bits per heavy atom.